The molecule has 0 spiro atoms. The van der Waals surface area contributed by atoms with Crippen molar-refractivity contribution in [2.24, 2.45) is 5.92 Å². The third kappa shape index (κ3) is 3.76. The molecule has 11 heteroatoms. The summed E-state index contributed by atoms with van der Waals surface area (Å²) in [5.41, 5.74) is 3.01. The number of pyridine rings is 1. The molecular formula is C21H22F3N5O3. The van der Waals surface area contributed by atoms with Crippen LogP contribution in [0.25, 0.3) is 16.7 Å². The lowest BCUT2D eigenvalue weighted by Crippen LogP contribution is -2.53. The molecule has 2 aliphatic heterocycles. The molecule has 32 heavy (non-hydrogen) atoms. The number of hydrogen-bond acceptors (Lipinski definition) is 7. The topological polar surface area (TPSA) is 95.7 Å². The molecule has 8 nitrogen and oxygen atoms in total. The van der Waals surface area contributed by atoms with Gasteiger partial charge in [0, 0.05) is 44.2 Å². The highest BCUT2D eigenvalue weighted by Gasteiger charge is 2.36. The van der Waals surface area contributed by atoms with Crippen LogP contribution >= 0.6 is 0 Å². The van der Waals surface area contributed by atoms with Gasteiger partial charge in [0.05, 0.1) is 35.2 Å². The number of ether oxygens (including phenoxy) is 1. The van der Waals surface area contributed by atoms with E-state index in [2.05, 4.69) is 19.9 Å². The molecule has 2 aromatic heterocycles. The van der Waals surface area contributed by atoms with Crippen molar-refractivity contribution in [2.75, 3.05) is 37.7 Å². The maximum absolute atomic E-state index is 12.5. The predicted molar refractivity (Wildman–Crippen MR) is 110 cm³/mol. The molecule has 170 valence electrons. The second kappa shape index (κ2) is 7.91. The van der Waals surface area contributed by atoms with E-state index < -0.39 is 12.5 Å². The SMILES string of the molecule is OCC(O)C1CN(c2ccnc3c2c(C2CNC2)nn3-c2ccc(OC(F)(F)F)cc2)C1. The number of nitrogens with zero attached hydrogens (tertiary/aromatic N) is 4. The molecule has 2 fully saturated rings. The highest BCUT2D eigenvalue weighted by atomic mass is 19.4. The second-order valence-electron chi connectivity index (χ2n) is 8.14. The molecule has 5 rings (SSSR count). The molecule has 0 radical (unpaired) electrons. The zero-order valence-electron chi connectivity index (χ0n) is 17.0. The van der Waals surface area contributed by atoms with Crippen LogP contribution in [0.3, 0.4) is 0 Å². The average molecular weight is 449 g/mol. The van der Waals surface area contributed by atoms with Gasteiger partial charge < -0.3 is 25.2 Å². The van der Waals surface area contributed by atoms with E-state index in [4.69, 9.17) is 5.10 Å². The minimum absolute atomic E-state index is 0.00624. The Balaban J connectivity index is 1.52. The minimum Gasteiger partial charge on any atom is -0.406 e. The second-order valence-corrected chi connectivity index (χ2v) is 8.14. The van der Waals surface area contributed by atoms with Gasteiger partial charge in [-0.05, 0) is 30.3 Å². The normalized spacial score (nSPS) is 18.5. The van der Waals surface area contributed by atoms with Gasteiger partial charge in [0.25, 0.3) is 0 Å². The number of nitrogens with one attached hydrogen (secondary N) is 1. The van der Waals surface area contributed by atoms with Crippen molar-refractivity contribution in [2.45, 2.75) is 18.4 Å². The van der Waals surface area contributed by atoms with Crippen LogP contribution < -0.4 is 15.0 Å². The van der Waals surface area contributed by atoms with Crippen LogP contribution in [0.4, 0.5) is 18.9 Å². The standard InChI is InChI=1S/C21H22F3N5O3/c22-21(23,24)32-15-3-1-14(2-4-15)29-20-18(19(27-29)12-7-25-8-12)16(5-6-26-20)28-9-13(10-28)17(31)11-30/h1-6,12-13,17,25,30-31H,7-11H2. The van der Waals surface area contributed by atoms with Gasteiger partial charge in [-0.15, -0.1) is 13.2 Å². The lowest BCUT2D eigenvalue weighted by Gasteiger charge is -2.43. The number of aliphatic hydroxyl groups excluding tert-OH is 2. The third-order valence-electron chi connectivity index (χ3n) is 6.04. The van der Waals surface area contributed by atoms with E-state index in [9.17, 15) is 23.4 Å². The number of fused-ring (bicyclic) bond motifs is 1. The Morgan fingerprint density at radius 1 is 1.16 bits per heavy atom. The third-order valence-corrected chi connectivity index (χ3v) is 6.04. The van der Waals surface area contributed by atoms with Crippen molar-refractivity contribution >= 4 is 16.7 Å². The molecule has 0 amide bonds. The summed E-state index contributed by atoms with van der Waals surface area (Å²) < 4.78 is 43.0. The van der Waals surface area contributed by atoms with Gasteiger partial charge >= 0.3 is 6.36 Å². The van der Waals surface area contributed by atoms with Crippen molar-refractivity contribution in [3.05, 3.63) is 42.2 Å². The first-order chi connectivity index (χ1) is 15.3. The van der Waals surface area contributed by atoms with Crippen LogP contribution in [0, 0.1) is 5.92 Å². The van der Waals surface area contributed by atoms with E-state index in [1.165, 1.54) is 24.3 Å². The fourth-order valence-electron chi connectivity index (χ4n) is 4.15. The van der Waals surface area contributed by atoms with Gasteiger partial charge in [0.2, 0.25) is 0 Å². The summed E-state index contributed by atoms with van der Waals surface area (Å²) in [5.74, 6) is -0.105. The van der Waals surface area contributed by atoms with Crippen molar-refractivity contribution < 1.29 is 28.1 Å². The van der Waals surface area contributed by atoms with E-state index in [1.54, 1.807) is 10.9 Å². The number of rotatable bonds is 6. The maximum Gasteiger partial charge on any atom is 0.573 e. The number of alkyl halides is 3. The highest BCUT2D eigenvalue weighted by Crippen LogP contribution is 2.38. The van der Waals surface area contributed by atoms with Crippen molar-refractivity contribution in [3.8, 4) is 11.4 Å². The molecule has 0 saturated carbocycles. The highest BCUT2D eigenvalue weighted by molar-refractivity contribution is 5.94. The number of aromatic nitrogens is 3. The molecule has 3 aromatic rings. The van der Waals surface area contributed by atoms with Crippen molar-refractivity contribution in [3.63, 3.8) is 0 Å². The first kappa shape index (κ1) is 21.0. The van der Waals surface area contributed by atoms with E-state index >= 15 is 0 Å². The first-order valence-electron chi connectivity index (χ1n) is 10.3. The fourth-order valence-corrected chi connectivity index (χ4v) is 4.15. The number of hydrogen-bond donors (Lipinski definition) is 3. The van der Waals surface area contributed by atoms with Gasteiger partial charge in [-0.2, -0.15) is 5.10 Å². The van der Waals surface area contributed by atoms with Crippen LogP contribution in [-0.4, -0.2) is 70.2 Å². The predicted octanol–water partition coefficient (Wildman–Crippen LogP) is 1.80. The lowest BCUT2D eigenvalue weighted by atomic mass is 9.91. The summed E-state index contributed by atoms with van der Waals surface area (Å²) in [6.07, 6.45) is -3.83. The summed E-state index contributed by atoms with van der Waals surface area (Å²) in [5, 5.41) is 28.0. The van der Waals surface area contributed by atoms with Gasteiger partial charge in [-0.1, -0.05) is 0 Å². The monoisotopic (exact) mass is 449 g/mol. The summed E-state index contributed by atoms with van der Waals surface area (Å²) >= 11 is 0. The number of benzene rings is 1. The Kier molecular flexibility index (Phi) is 5.19. The van der Waals surface area contributed by atoms with Gasteiger partial charge in [0.1, 0.15) is 5.75 Å². The van der Waals surface area contributed by atoms with E-state index in [0.29, 0.717) is 24.4 Å². The summed E-state index contributed by atoms with van der Waals surface area (Å²) in [7, 11) is 0. The van der Waals surface area contributed by atoms with Gasteiger partial charge in [-0.25, -0.2) is 9.67 Å². The Bertz CT molecular complexity index is 1110. The zero-order valence-corrected chi connectivity index (χ0v) is 17.0. The van der Waals surface area contributed by atoms with Crippen LogP contribution in [0.5, 0.6) is 5.75 Å². The molecule has 2 saturated heterocycles. The average Bonchev–Trinajstić information content (AvgIpc) is 3.05. The maximum atomic E-state index is 12.5. The molecule has 0 aliphatic carbocycles. The van der Waals surface area contributed by atoms with Crippen molar-refractivity contribution in [1.29, 1.82) is 0 Å². The molecule has 3 N–H and O–H groups in total. The Labute approximate surface area is 181 Å². The van der Waals surface area contributed by atoms with Gasteiger partial charge in [-0.3, -0.25) is 0 Å². The first-order valence-corrected chi connectivity index (χ1v) is 10.3. The van der Waals surface area contributed by atoms with Crippen LogP contribution in [0.2, 0.25) is 0 Å². The zero-order chi connectivity index (χ0) is 22.5. The smallest absolute Gasteiger partial charge is 0.406 e. The quantitative estimate of drug-likeness (QED) is 0.528. The molecule has 1 aromatic carbocycles. The molecule has 2 aliphatic rings. The number of aliphatic hydroxyl groups is 2. The Morgan fingerprint density at radius 2 is 1.88 bits per heavy atom. The number of halogens is 3. The molecule has 1 atom stereocenters. The molecular weight excluding hydrogens is 427 g/mol. The molecule has 0 bridgehead atoms. The molecule has 1 unspecified atom stereocenters. The lowest BCUT2D eigenvalue weighted by molar-refractivity contribution is -0.274. The van der Waals surface area contributed by atoms with Gasteiger partial charge in [0.15, 0.2) is 5.65 Å². The minimum atomic E-state index is -4.75. The summed E-state index contributed by atoms with van der Waals surface area (Å²) in [6, 6.07) is 7.44. The molecule has 4 heterocycles. The van der Waals surface area contributed by atoms with Crippen LogP contribution in [-0.2, 0) is 0 Å². The van der Waals surface area contributed by atoms with Crippen LogP contribution in [0.15, 0.2) is 36.5 Å². The summed E-state index contributed by atoms with van der Waals surface area (Å²) in [4.78, 5) is 6.65. The fraction of sp³-hybridized carbons (Fsp3) is 0.429. The Morgan fingerprint density at radius 3 is 2.47 bits per heavy atom. The van der Waals surface area contributed by atoms with E-state index in [1.807, 2.05) is 6.07 Å². The van der Waals surface area contributed by atoms with E-state index in [0.717, 1.165) is 29.9 Å². The number of anilines is 1. The van der Waals surface area contributed by atoms with Crippen LogP contribution in [0.1, 0.15) is 11.6 Å². The Hall–Kier alpha value is -2.89. The van der Waals surface area contributed by atoms with Crippen molar-refractivity contribution in [1.82, 2.24) is 20.1 Å². The largest absolute Gasteiger partial charge is 0.573 e. The van der Waals surface area contributed by atoms with E-state index in [-0.39, 0.29) is 24.2 Å². The summed E-state index contributed by atoms with van der Waals surface area (Å²) in [6.45, 7) is 2.51.